The van der Waals surface area contributed by atoms with E-state index < -0.39 is 6.10 Å². The Morgan fingerprint density at radius 3 is 2.45 bits per heavy atom. The van der Waals surface area contributed by atoms with E-state index in [1.807, 2.05) is 54.6 Å². The summed E-state index contributed by atoms with van der Waals surface area (Å²) in [6.45, 7) is 5.04. The fourth-order valence-electron chi connectivity index (χ4n) is 2.11. The first-order valence-electron chi connectivity index (χ1n) is 7.15. The number of nitrogens with zero attached hydrogens (tertiary/aromatic N) is 1. The second-order valence-corrected chi connectivity index (χ2v) is 4.70. The lowest BCUT2D eigenvalue weighted by atomic mass is 10.3. The first kappa shape index (κ1) is 14.2. The summed E-state index contributed by atoms with van der Waals surface area (Å²) in [6, 6.07) is 17.1. The molecule has 2 aromatic rings. The standard InChI is InChI=1S/C18H17NO3/c1-2-15(18-19-12-13-20-18)22-17-11-7-6-10-16(17)21-14-8-4-3-5-9-14/h2-11,15H,1,12-13H2. The summed E-state index contributed by atoms with van der Waals surface area (Å²) in [6.07, 6.45) is 1.26. The molecule has 1 aliphatic heterocycles. The van der Waals surface area contributed by atoms with Gasteiger partial charge < -0.3 is 14.2 Å². The summed E-state index contributed by atoms with van der Waals surface area (Å²) < 4.78 is 17.3. The Labute approximate surface area is 129 Å². The van der Waals surface area contributed by atoms with Gasteiger partial charge in [0, 0.05) is 0 Å². The Balaban J connectivity index is 1.80. The number of para-hydroxylation sites is 3. The molecule has 1 unspecified atom stereocenters. The molecule has 1 heterocycles. The molecule has 0 aliphatic carbocycles. The molecule has 0 fully saturated rings. The molecule has 0 aromatic heterocycles. The van der Waals surface area contributed by atoms with Gasteiger partial charge in [-0.05, 0) is 30.3 Å². The van der Waals surface area contributed by atoms with Crippen LogP contribution in [0.2, 0.25) is 0 Å². The van der Waals surface area contributed by atoms with E-state index in [2.05, 4.69) is 11.6 Å². The van der Waals surface area contributed by atoms with Crippen molar-refractivity contribution in [2.24, 2.45) is 4.99 Å². The van der Waals surface area contributed by atoms with Gasteiger partial charge in [-0.15, -0.1) is 0 Å². The molecule has 0 amide bonds. The van der Waals surface area contributed by atoms with Crippen LogP contribution in [0.4, 0.5) is 0 Å². The highest BCUT2D eigenvalue weighted by molar-refractivity contribution is 5.84. The van der Waals surface area contributed by atoms with Crippen molar-refractivity contribution in [1.82, 2.24) is 0 Å². The van der Waals surface area contributed by atoms with Gasteiger partial charge in [-0.3, -0.25) is 0 Å². The quantitative estimate of drug-likeness (QED) is 0.760. The number of hydrogen-bond donors (Lipinski definition) is 0. The van der Waals surface area contributed by atoms with Gasteiger partial charge in [0.25, 0.3) is 0 Å². The number of ether oxygens (including phenoxy) is 3. The van der Waals surface area contributed by atoms with Crippen LogP contribution in [0.3, 0.4) is 0 Å². The molecule has 0 spiro atoms. The first-order valence-corrected chi connectivity index (χ1v) is 7.15. The monoisotopic (exact) mass is 295 g/mol. The number of rotatable bonds is 6. The van der Waals surface area contributed by atoms with E-state index in [0.29, 0.717) is 30.5 Å². The third-order valence-electron chi connectivity index (χ3n) is 3.14. The van der Waals surface area contributed by atoms with E-state index in [1.54, 1.807) is 6.08 Å². The van der Waals surface area contributed by atoms with Crippen molar-refractivity contribution in [3.63, 3.8) is 0 Å². The summed E-state index contributed by atoms with van der Waals surface area (Å²) in [5.41, 5.74) is 0. The fraction of sp³-hybridized carbons (Fsp3) is 0.167. The lowest BCUT2D eigenvalue weighted by Gasteiger charge is -2.17. The van der Waals surface area contributed by atoms with E-state index in [4.69, 9.17) is 14.2 Å². The Kier molecular flexibility index (Phi) is 4.39. The molecule has 4 nitrogen and oxygen atoms in total. The molecule has 0 saturated carbocycles. The van der Waals surface area contributed by atoms with Crippen LogP contribution in [-0.2, 0) is 4.74 Å². The highest BCUT2D eigenvalue weighted by Gasteiger charge is 2.21. The topological polar surface area (TPSA) is 40.0 Å². The molecule has 1 aliphatic rings. The molecule has 3 rings (SSSR count). The summed E-state index contributed by atoms with van der Waals surface area (Å²) in [7, 11) is 0. The second-order valence-electron chi connectivity index (χ2n) is 4.70. The van der Waals surface area contributed by atoms with Crippen molar-refractivity contribution in [1.29, 1.82) is 0 Å². The van der Waals surface area contributed by atoms with Crippen LogP contribution in [0.25, 0.3) is 0 Å². The van der Waals surface area contributed by atoms with Gasteiger partial charge in [0.15, 0.2) is 17.6 Å². The third kappa shape index (κ3) is 3.28. The van der Waals surface area contributed by atoms with E-state index in [1.165, 1.54) is 0 Å². The smallest absolute Gasteiger partial charge is 0.230 e. The molecule has 2 aromatic carbocycles. The summed E-state index contributed by atoms with van der Waals surface area (Å²) in [5, 5.41) is 0. The highest BCUT2D eigenvalue weighted by Crippen LogP contribution is 2.32. The van der Waals surface area contributed by atoms with Crippen molar-refractivity contribution in [3.8, 4) is 17.2 Å². The predicted molar refractivity (Wildman–Crippen MR) is 85.8 cm³/mol. The average Bonchev–Trinajstić information content (AvgIpc) is 3.09. The van der Waals surface area contributed by atoms with Crippen LogP contribution < -0.4 is 9.47 Å². The van der Waals surface area contributed by atoms with Gasteiger partial charge in [0.05, 0.1) is 6.54 Å². The zero-order chi connectivity index (χ0) is 15.2. The molecular formula is C18H17NO3. The van der Waals surface area contributed by atoms with Crippen molar-refractivity contribution >= 4 is 5.90 Å². The summed E-state index contributed by atoms with van der Waals surface area (Å²) in [4.78, 5) is 4.27. The van der Waals surface area contributed by atoms with Crippen LogP contribution in [0.1, 0.15) is 0 Å². The number of aliphatic imine (C=N–C) groups is 1. The van der Waals surface area contributed by atoms with Gasteiger partial charge in [-0.1, -0.05) is 36.9 Å². The third-order valence-corrected chi connectivity index (χ3v) is 3.14. The van der Waals surface area contributed by atoms with E-state index in [0.717, 1.165) is 5.75 Å². The Morgan fingerprint density at radius 2 is 1.77 bits per heavy atom. The Bertz CT molecular complexity index is 667. The maximum atomic E-state index is 5.95. The normalized spacial score (nSPS) is 14.6. The average molecular weight is 295 g/mol. The first-order chi connectivity index (χ1) is 10.9. The minimum Gasteiger partial charge on any atom is -0.476 e. The molecule has 0 saturated heterocycles. The number of hydrogen-bond acceptors (Lipinski definition) is 4. The minimum absolute atomic E-state index is 0.414. The van der Waals surface area contributed by atoms with Crippen molar-refractivity contribution in [2.45, 2.75) is 6.10 Å². The summed E-state index contributed by atoms with van der Waals surface area (Å²) >= 11 is 0. The maximum absolute atomic E-state index is 5.95. The van der Waals surface area contributed by atoms with Gasteiger partial charge >= 0.3 is 0 Å². The molecule has 4 heteroatoms. The van der Waals surface area contributed by atoms with E-state index in [9.17, 15) is 0 Å². The molecular weight excluding hydrogens is 278 g/mol. The highest BCUT2D eigenvalue weighted by atomic mass is 16.6. The van der Waals surface area contributed by atoms with Crippen LogP contribution in [-0.4, -0.2) is 25.2 Å². The molecule has 1 atom stereocenters. The lowest BCUT2D eigenvalue weighted by Crippen LogP contribution is -2.25. The lowest BCUT2D eigenvalue weighted by molar-refractivity contribution is 0.247. The zero-order valence-corrected chi connectivity index (χ0v) is 12.1. The largest absolute Gasteiger partial charge is 0.476 e. The molecule has 22 heavy (non-hydrogen) atoms. The fourth-order valence-corrected chi connectivity index (χ4v) is 2.11. The number of benzene rings is 2. The maximum Gasteiger partial charge on any atom is 0.230 e. The van der Waals surface area contributed by atoms with Crippen LogP contribution in [0.15, 0.2) is 72.2 Å². The Hall–Kier alpha value is -2.75. The molecule has 0 radical (unpaired) electrons. The van der Waals surface area contributed by atoms with Crippen LogP contribution in [0.5, 0.6) is 17.2 Å². The minimum atomic E-state index is -0.414. The van der Waals surface area contributed by atoms with Gasteiger partial charge in [0.2, 0.25) is 5.90 Å². The van der Waals surface area contributed by atoms with Crippen molar-refractivity contribution < 1.29 is 14.2 Å². The van der Waals surface area contributed by atoms with E-state index >= 15 is 0 Å². The predicted octanol–water partition coefficient (Wildman–Crippen LogP) is 3.84. The van der Waals surface area contributed by atoms with E-state index in [-0.39, 0.29) is 0 Å². The van der Waals surface area contributed by atoms with Gasteiger partial charge in [-0.2, -0.15) is 0 Å². The molecule has 0 N–H and O–H groups in total. The molecule has 0 bridgehead atoms. The van der Waals surface area contributed by atoms with Crippen LogP contribution in [0, 0.1) is 0 Å². The zero-order valence-electron chi connectivity index (χ0n) is 12.1. The molecule has 112 valence electrons. The second kappa shape index (κ2) is 6.80. The van der Waals surface area contributed by atoms with Gasteiger partial charge in [0.1, 0.15) is 12.4 Å². The van der Waals surface area contributed by atoms with Gasteiger partial charge in [-0.25, -0.2) is 4.99 Å². The van der Waals surface area contributed by atoms with Crippen molar-refractivity contribution in [3.05, 3.63) is 67.3 Å². The van der Waals surface area contributed by atoms with Crippen molar-refractivity contribution in [2.75, 3.05) is 13.2 Å². The summed E-state index contributed by atoms with van der Waals surface area (Å²) in [5.74, 6) is 2.57. The Morgan fingerprint density at radius 1 is 1.05 bits per heavy atom. The van der Waals surface area contributed by atoms with Crippen LogP contribution >= 0.6 is 0 Å². The SMILES string of the molecule is C=CC(Oc1ccccc1Oc1ccccc1)C1=NCCO1.